The lowest BCUT2D eigenvalue weighted by molar-refractivity contribution is 0.776. The predicted octanol–water partition coefficient (Wildman–Crippen LogP) is 2.70. The number of halogens is 1. The molecule has 0 atom stereocenters. The summed E-state index contributed by atoms with van der Waals surface area (Å²) in [5.74, 6) is 0.897. The van der Waals surface area contributed by atoms with Crippen LogP contribution in [0.4, 0.5) is 5.82 Å². The lowest BCUT2D eigenvalue weighted by atomic mass is 10.2. The molecule has 0 bridgehead atoms. The van der Waals surface area contributed by atoms with Crippen LogP contribution in [0.3, 0.4) is 0 Å². The smallest absolute Gasteiger partial charge is 0.128 e. The van der Waals surface area contributed by atoms with Gasteiger partial charge >= 0.3 is 0 Å². The Morgan fingerprint density at radius 2 is 1.89 bits per heavy atom. The first kappa shape index (κ1) is 12.9. The van der Waals surface area contributed by atoms with Gasteiger partial charge in [-0.1, -0.05) is 41.9 Å². The number of hydrogen-bond acceptors (Lipinski definition) is 3. The number of aromatic nitrogens is 1. The Labute approximate surface area is 112 Å². The molecule has 4 heteroatoms. The van der Waals surface area contributed by atoms with Gasteiger partial charge in [-0.05, 0) is 17.7 Å². The Balaban J connectivity index is 2.15. The average Bonchev–Trinajstić information content (AvgIpc) is 2.40. The molecule has 94 valence electrons. The molecule has 0 aliphatic carbocycles. The third kappa shape index (κ3) is 3.45. The summed E-state index contributed by atoms with van der Waals surface area (Å²) in [5.41, 5.74) is 6.89. The Hall–Kier alpha value is -1.58. The molecular weight excluding hydrogens is 246 g/mol. The zero-order chi connectivity index (χ0) is 12.8. The predicted molar refractivity (Wildman–Crippen MR) is 75.8 cm³/mol. The second-order valence-electron chi connectivity index (χ2n) is 4.03. The van der Waals surface area contributed by atoms with E-state index in [-0.39, 0.29) is 0 Å². The van der Waals surface area contributed by atoms with Crippen LogP contribution in [0.15, 0.2) is 48.7 Å². The highest BCUT2D eigenvalue weighted by molar-refractivity contribution is 6.30. The second kappa shape index (κ2) is 6.38. The van der Waals surface area contributed by atoms with E-state index in [0.717, 1.165) is 18.9 Å². The van der Waals surface area contributed by atoms with Crippen LogP contribution >= 0.6 is 11.6 Å². The van der Waals surface area contributed by atoms with Crippen LogP contribution < -0.4 is 10.6 Å². The average molecular weight is 262 g/mol. The Morgan fingerprint density at radius 3 is 2.50 bits per heavy atom. The van der Waals surface area contributed by atoms with E-state index >= 15 is 0 Å². The second-order valence-corrected chi connectivity index (χ2v) is 4.47. The van der Waals surface area contributed by atoms with Crippen molar-refractivity contribution in [2.24, 2.45) is 5.73 Å². The number of nitrogens with zero attached hydrogens (tertiary/aromatic N) is 2. The van der Waals surface area contributed by atoms with Gasteiger partial charge in [0.25, 0.3) is 0 Å². The molecule has 0 radical (unpaired) electrons. The van der Waals surface area contributed by atoms with E-state index in [0.29, 0.717) is 11.6 Å². The number of pyridine rings is 1. The summed E-state index contributed by atoms with van der Waals surface area (Å²) in [6, 6.07) is 14.0. The van der Waals surface area contributed by atoms with Crippen molar-refractivity contribution < 1.29 is 0 Å². The minimum Gasteiger partial charge on any atom is -0.351 e. The van der Waals surface area contributed by atoms with Gasteiger partial charge < -0.3 is 10.6 Å². The van der Waals surface area contributed by atoms with Gasteiger partial charge in [0.05, 0.1) is 5.02 Å². The lowest BCUT2D eigenvalue weighted by Gasteiger charge is -2.23. The van der Waals surface area contributed by atoms with Crippen molar-refractivity contribution in [1.29, 1.82) is 0 Å². The fourth-order valence-electron chi connectivity index (χ4n) is 1.79. The van der Waals surface area contributed by atoms with Gasteiger partial charge in [-0.3, -0.25) is 0 Å². The fourth-order valence-corrected chi connectivity index (χ4v) is 1.90. The number of benzene rings is 1. The van der Waals surface area contributed by atoms with E-state index in [1.165, 1.54) is 5.56 Å². The van der Waals surface area contributed by atoms with Crippen LogP contribution in [0.5, 0.6) is 0 Å². The van der Waals surface area contributed by atoms with Gasteiger partial charge in [-0.2, -0.15) is 0 Å². The molecule has 0 spiro atoms. The largest absolute Gasteiger partial charge is 0.351 e. The SMILES string of the molecule is NCCN(Cc1ccccc1)c1ccc(Cl)cn1. The molecule has 0 saturated carbocycles. The minimum absolute atomic E-state index is 0.594. The zero-order valence-corrected chi connectivity index (χ0v) is 10.8. The topological polar surface area (TPSA) is 42.1 Å². The molecule has 0 unspecified atom stereocenters. The van der Waals surface area contributed by atoms with Gasteiger partial charge in [-0.15, -0.1) is 0 Å². The third-order valence-electron chi connectivity index (χ3n) is 2.65. The van der Waals surface area contributed by atoms with Gasteiger partial charge in [0, 0.05) is 25.8 Å². The molecule has 0 aliphatic rings. The van der Waals surface area contributed by atoms with Crippen molar-refractivity contribution in [3.8, 4) is 0 Å². The van der Waals surface area contributed by atoms with Crippen molar-refractivity contribution in [2.45, 2.75) is 6.54 Å². The molecule has 1 aromatic carbocycles. The maximum absolute atomic E-state index is 5.85. The molecule has 1 aromatic heterocycles. The van der Waals surface area contributed by atoms with Crippen molar-refractivity contribution >= 4 is 17.4 Å². The van der Waals surface area contributed by atoms with Crippen LogP contribution in [0.2, 0.25) is 5.02 Å². The van der Waals surface area contributed by atoms with E-state index < -0.39 is 0 Å². The molecule has 3 nitrogen and oxygen atoms in total. The van der Waals surface area contributed by atoms with Crippen LogP contribution in [0, 0.1) is 0 Å². The first-order valence-electron chi connectivity index (χ1n) is 5.90. The first-order chi connectivity index (χ1) is 8.79. The molecule has 0 amide bonds. The van der Waals surface area contributed by atoms with E-state index in [2.05, 4.69) is 22.0 Å². The summed E-state index contributed by atoms with van der Waals surface area (Å²) in [6.45, 7) is 2.16. The van der Waals surface area contributed by atoms with Crippen molar-refractivity contribution in [3.05, 3.63) is 59.2 Å². The van der Waals surface area contributed by atoms with Crippen molar-refractivity contribution in [2.75, 3.05) is 18.0 Å². The van der Waals surface area contributed by atoms with E-state index in [9.17, 15) is 0 Å². The molecule has 2 N–H and O–H groups in total. The maximum Gasteiger partial charge on any atom is 0.128 e. The Kier molecular flexibility index (Phi) is 4.56. The molecule has 1 heterocycles. The van der Waals surface area contributed by atoms with Crippen molar-refractivity contribution in [1.82, 2.24) is 4.98 Å². The van der Waals surface area contributed by atoms with Crippen LogP contribution in [0.1, 0.15) is 5.56 Å². The van der Waals surface area contributed by atoms with E-state index in [1.807, 2.05) is 30.3 Å². The summed E-state index contributed by atoms with van der Waals surface area (Å²) in [5, 5.41) is 0.645. The molecule has 18 heavy (non-hydrogen) atoms. The normalized spacial score (nSPS) is 10.3. The van der Waals surface area contributed by atoms with Gasteiger partial charge in [0.15, 0.2) is 0 Å². The highest BCUT2D eigenvalue weighted by Crippen LogP contribution is 2.16. The minimum atomic E-state index is 0.594. The summed E-state index contributed by atoms with van der Waals surface area (Å²) in [4.78, 5) is 6.48. The van der Waals surface area contributed by atoms with Gasteiger partial charge in [0.2, 0.25) is 0 Å². The monoisotopic (exact) mass is 261 g/mol. The lowest BCUT2D eigenvalue weighted by Crippen LogP contribution is -2.29. The summed E-state index contributed by atoms with van der Waals surface area (Å²) >= 11 is 5.85. The number of rotatable bonds is 5. The summed E-state index contributed by atoms with van der Waals surface area (Å²) in [7, 11) is 0. The summed E-state index contributed by atoms with van der Waals surface area (Å²) < 4.78 is 0. The van der Waals surface area contributed by atoms with Crippen LogP contribution in [-0.4, -0.2) is 18.1 Å². The highest BCUT2D eigenvalue weighted by atomic mass is 35.5. The third-order valence-corrected chi connectivity index (χ3v) is 2.87. The quantitative estimate of drug-likeness (QED) is 0.900. The molecule has 0 saturated heterocycles. The van der Waals surface area contributed by atoms with Crippen LogP contribution in [-0.2, 0) is 6.54 Å². The molecule has 0 fully saturated rings. The van der Waals surface area contributed by atoms with Gasteiger partial charge in [0.1, 0.15) is 5.82 Å². The summed E-state index contributed by atoms with van der Waals surface area (Å²) in [6.07, 6.45) is 1.66. The molecular formula is C14H16ClN3. The Morgan fingerprint density at radius 1 is 1.11 bits per heavy atom. The maximum atomic E-state index is 5.85. The number of hydrogen-bond donors (Lipinski definition) is 1. The van der Waals surface area contributed by atoms with E-state index in [1.54, 1.807) is 6.20 Å². The standard InChI is InChI=1S/C14H16ClN3/c15-13-6-7-14(17-10-13)18(9-8-16)11-12-4-2-1-3-5-12/h1-7,10H,8-9,11,16H2. The first-order valence-corrected chi connectivity index (χ1v) is 6.28. The molecule has 2 aromatic rings. The highest BCUT2D eigenvalue weighted by Gasteiger charge is 2.07. The zero-order valence-electron chi connectivity index (χ0n) is 10.1. The van der Waals surface area contributed by atoms with Crippen LogP contribution in [0.25, 0.3) is 0 Å². The molecule has 0 aliphatic heterocycles. The Bertz CT molecular complexity index is 470. The van der Waals surface area contributed by atoms with Crippen molar-refractivity contribution in [3.63, 3.8) is 0 Å². The molecule has 2 rings (SSSR count). The van der Waals surface area contributed by atoms with E-state index in [4.69, 9.17) is 17.3 Å². The number of anilines is 1. The fraction of sp³-hybridized carbons (Fsp3) is 0.214. The number of nitrogens with two attached hydrogens (primary N) is 1. The van der Waals surface area contributed by atoms with Gasteiger partial charge in [-0.25, -0.2) is 4.98 Å².